The lowest BCUT2D eigenvalue weighted by molar-refractivity contribution is -0.160. The highest BCUT2D eigenvalue weighted by Gasteiger charge is 2.54. The van der Waals surface area contributed by atoms with E-state index in [0.717, 1.165) is 0 Å². The first-order chi connectivity index (χ1) is 11.4. The van der Waals surface area contributed by atoms with Gasteiger partial charge in [0, 0.05) is 25.3 Å². The standard InChI is InChI=1S/C15H21N5O4/c16-11-2-5-17-14(18-11)20-7-3-10-15(9-20,13(23)24)4-1-6-19(10)8-12(21)22/h2,5,10H,1,3-4,6-9H2,(H,21,22)(H,23,24)(H2,16,17,18)/t10-,15+/m0/s1. The van der Waals surface area contributed by atoms with Crippen molar-refractivity contribution >= 4 is 23.7 Å². The third-order valence-corrected chi connectivity index (χ3v) is 5.00. The van der Waals surface area contributed by atoms with Crippen LogP contribution in [0.5, 0.6) is 0 Å². The number of hydrogen-bond donors (Lipinski definition) is 3. The molecule has 2 fully saturated rings. The number of carboxylic acid groups (broad SMARTS) is 2. The summed E-state index contributed by atoms with van der Waals surface area (Å²) in [5, 5.41) is 19.0. The molecular formula is C15H21N5O4. The predicted octanol–water partition coefficient (Wildman–Crippen LogP) is -0.111. The van der Waals surface area contributed by atoms with Crippen molar-refractivity contribution < 1.29 is 19.8 Å². The molecule has 9 nitrogen and oxygen atoms in total. The van der Waals surface area contributed by atoms with E-state index in [0.29, 0.717) is 44.1 Å². The molecule has 2 saturated heterocycles. The summed E-state index contributed by atoms with van der Waals surface area (Å²) < 4.78 is 0. The molecular weight excluding hydrogens is 314 g/mol. The van der Waals surface area contributed by atoms with E-state index in [1.807, 2.05) is 4.90 Å². The number of fused-ring (bicyclic) bond motifs is 1. The fourth-order valence-electron chi connectivity index (χ4n) is 3.98. The Kier molecular flexibility index (Phi) is 4.27. The topological polar surface area (TPSA) is 133 Å². The maximum absolute atomic E-state index is 12.1. The number of aromatic nitrogens is 2. The van der Waals surface area contributed by atoms with Gasteiger partial charge < -0.3 is 20.8 Å². The van der Waals surface area contributed by atoms with Crippen LogP contribution in [0.2, 0.25) is 0 Å². The molecule has 3 heterocycles. The summed E-state index contributed by atoms with van der Waals surface area (Å²) in [6, 6.07) is 1.29. The highest BCUT2D eigenvalue weighted by Crippen LogP contribution is 2.42. The second-order valence-electron chi connectivity index (χ2n) is 6.44. The highest BCUT2D eigenvalue weighted by atomic mass is 16.4. The van der Waals surface area contributed by atoms with E-state index < -0.39 is 17.4 Å². The summed E-state index contributed by atoms with van der Waals surface area (Å²) in [7, 11) is 0. The number of carboxylic acids is 2. The number of nitrogens with zero attached hydrogens (tertiary/aromatic N) is 4. The van der Waals surface area contributed by atoms with Crippen LogP contribution in [-0.2, 0) is 9.59 Å². The number of rotatable bonds is 4. The van der Waals surface area contributed by atoms with Crippen molar-refractivity contribution in [1.29, 1.82) is 0 Å². The molecule has 0 bridgehead atoms. The molecule has 0 radical (unpaired) electrons. The number of anilines is 2. The van der Waals surface area contributed by atoms with Crippen LogP contribution in [0.25, 0.3) is 0 Å². The SMILES string of the molecule is Nc1ccnc(N2CC[C@@H]3N(CC(=O)O)CCC[C@@]3(C(=O)O)C2)n1. The van der Waals surface area contributed by atoms with Crippen molar-refractivity contribution in [2.45, 2.75) is 25.3 Å². The molecule has 4 N–H and O–H groups in total. The fourth-order valence-corrected chi connectivity index (χ4v) is 3.98. The molecule has 130 valence electrons. The monoisotopic (exact) mass is 335 g/mol. The van der Waals surface area contributed by atoms with Crippen molar-refractivity contribution in [3.63, 3.8) is 0 Å². The molecule has 2 atom stereocenters. The van der Waals surface area contributed by atoms with E-state index in [9.17, 15) is 14.7 Å². The van der Waals surface area contributed by atoms with Gasteiger partial charge in [-0.3, -0.25) is 14.5 Å². The Balaban J connectivity index is 1.89. The maximum Gasteiger partial charge on any atom is 0.317 e. The van der Waals surface area contributed by atoms with Gasteiger partial charge in [0.05, 0.1) is 6.54 Å². The van der Waals surface area contributed by atoms with Crippen LogP contribution >= 0.6 is 0 Å². The minimum absolute atomic E-state index is 0.130. The first kappa shape index (κ1) is 16.4. The molecule has 0 spiro atoms. The Morgan fingerprint density at radius 1 is 1.38 bits per heavy atom. The van der Waals surface area contributed by atoms with Crippen molar-refractivity contribution in [3.05, 3.63) is 12.3 Å². The number of nitrogen functional groups attached to an aromatic ring is 1. The third-order valence-electron chi connectivity index (χ3n) is 5.00. The first-order valence-electron chi connectivity index (χ1n) is 7.95. The lowest BCUT2D eigenvalue weighted by atomic mass is 9.69. The van der Waals surface area contributed by atoms with E-state index in [4.69, 9.17) is 10.8 Å². The number of hydrogen-bond acceptors (Lipinski definition) is 7. The van der Waals surface area contributed by atoms with E-state index in [2.05, 4.69) is 9.97 Å². The zero-order valence-electron chi connectivity index (χ0n) is 13.3. The van der Waals surface area contributed by atoms with Gasteiger partial charge in [-0.1, -0.05) is 0 Å². The second kappa shape index (κ2) is 6.23. The van der Waals surface area contributed by atoms with Gasteiger partial charge in [-0.2, -0.15) is 4.98 Å². The molecule has 2 aliphatic heterocycles. The van der Waals surface area contributed by atoms with Gasteiger partial charge in [-0.05, 0) is 31.9 Å². The van der Waals surface area contributed by atoms with Gasteiger partial charge in [-0.25, -0.2) is 4.98 Å². The third kappa shape index (κ3) is 2.86. The van der Waals surface area contributed by atoms with Crippen LogP contribution in [-0.4, -0.2) is 69.2 Å². The maximum atomic E-state index is 12.1. The summed E-state index contributed by atoms with van der Waals surface area (Å²) in [5.41, 5.74) is 4.69. The molecule has 24 heavy (non-hydrogen) atoms. The minimum Gasteiger partial charge on any atom is -0.481 e. The molecule has 3 rings (SSSR count). The minimum atomic E-state index is -1.01. The molecule has 0 aromatic carbocycles. The van der Waals surface area contributed by atoms with Crippen molar-refractivity contribution in [1.82, 2.24) is 14.9 Å². The van der Waals surface area contributed by atoms with Crippen LogP contribution in [0.1, 0.15) is 19.3 Å². The zero-order valence-corrected chi connectivity index (χ0v) is 13.3. The molecule has 0 unspecified atom stereocenters. The van der Waals surface area contributed by atoms with Crippen molar-refractivity contribution in [2.24, 2.45) is 5.41 Å². The number of likely N-dealkylation sites (tertiary alicyclic amines) is 1. The molecule has 1 aromatic rings. The lowest BCUT2D eigenvalue weighted by Gasteiger charge is -2.52. The molecule has 1 aromatic heterocycles. The summed E-state index contributed by atoms with van der Waals surface area (Å²) in [4.78, 5) is 35.2. The summed E-state index contributed by atoms with van der Waals surface area (Å²) in [6.45, 7) is 1.31. The van der Waals surface area contributed by atoms with Gasteiger partial charge in [-0.15, -0.1) is 0 Å². The predicted molar refractivity (Wildman–Crippen MR) is 85.6 cm³/mol. The Bertz CT molecular complexity index is 655. The summed E-state index contributed by atoms with van der Waals surface area (Å²) >= 11 is 0. The summed E-state index contributed by atoms with van der Waals surface area (Å²) in [5.74, 6) is -1.07. The van der Waals surface area contributed by atoms with Gasteiger partial charge in [0.15, 0.2) is 0 Å². The van der Waals surface area contributed by atoms with E-state index in [1.165, 1.54) is 0 Å². The van der Waals surface area contributed by atoms with Gasteiger partial charge in [0.25, 0.3) is 0 Å². The first-order valence-corrected chi connectivity index (χ1v) is 7.95. The van der Waals surface area contributed by atoms with Gasteiger partial charge >= 0.3 is 11.9 Å². The van der Waals surface area contributed by atoms with Gasteiger partial charge in [0.1, 0.15) is 11.2 Å². The number of carbonyl (C=O) groups is 2. The molecule has 9 heteroatoms. The quantitative estimate of drug-likeness (QED) is 0.689. The average molecular weight is 335 g/mol. The molecule has 2 aliphatic rings. The average Bonchev–Trinajstić information content (AvgIpc) is 2.54. The smallest absolute Gasteiger partial charge is 0.317 e. The van der Waals surface area contributed by atoms with Crippen LogP contribution in [0.15, 0.2) is 12.3 Å². The van der Waals surface area contributed by atoms with Crippen LogP contribution < -0.4 is 10.6 Å². The van der Waals surface area contributed by atoms with E-state index in [-0.39, 0.29) is 19.1 Å². The molecule has 0 saturated carbocycles. The van der Waals surface area contributed by atoms with E-state index >= 15 is 0 Å². The zero-order chi connectivity index (χ0) is 17.3. The van der Waals surface area contributed by atoms with Gasteiger partial charge in [0.2, 0.25) is 5.95 Å². The Morgan fingerprint density at radius 3 is 2.83 bits per heavy atom. The number of aliphatic carboxylic acids is 2. The van der Waals surface area contributed by atoms with Crippen molar-refractivity contribution in [2.75, 3.05) is 36.8 Å². The Labute approximate surface area is 139 Å². The van der Waals surface area contributed by atoms with E-state index in [1.54, 1.807) is 17.2 Å². The Hall–Kier alpha value is -2.42. The highest BCUT2D eigenvalue weighted by molar-refractivity contribution is 5.78. The normalized spacial score (nSPS) is 27.5. The lowest BCUT2D eigenvalue weighted by Crippen LogP contribution is -2.65. The molecule has 0 aliphatic carbocycles. The molecule has 0 amide bonds. The van der Waals surface area contributed by atoms with Crippen LogP contribution in [0, 0.1) is 5.41 Å². The Morgan fingerprint density at radius 2 is 2.17 bits per heavy atom. The fraction of sp³-hybridized carbons (Fsp3) is 0.600. The van der Waals surface area contributed by atoms with Crippen molar-refractivity contribution in [3.8, 4) is 0 Å². The van der Waals surface area contributed by atoms with Crippen LogP contribution in [0.4, 0.5) is 11.8 Å². The van der Waals surface area contributed by atoms with Crippen LogP contribution in [0.3, 0.4) is 0 Å². The summed E-state index contributed by atoms with van der Waals surface area (Å²) in [6.07, 6.45) is 3.27. The second-order valence-corrected chi connectivity index (χ2v) is 6.44. The number of piperidine rings is 2. The number of nitrogens with two attached hydrogens (primary N) is 1. The largest absolute Gasteiger partial charge is 0.481 e.